The molecule has 2 rings (SSSR count). The second-order valence-corrected chi connectivity index (χ2v) is 4.28. The van der Waals surface area contributed by atoms with E-state index in [1.54, 1.807) is 0 Å². The number of hydrogen-bond acceptors (Lipinski definition) is 3. The molecule has 2 aliphatic heterocycles. The maximum Gasteiger partial charge on any atom is 0.164 e. The van der Waals surface area contributed by atoms with Gasteiger partial charge in [-0.05, 0) is 25.9 Å². The monoisotopic (exact) mass is 197 g/mol. The molecule has 0 bridgehead atoms. The normalized spacial score (nSPS) is 32.9. The Morgan fingerprint density at radius 3 is 2.71 bits per heavy atom. The van der Waals surface area contributed by atoms with Crippen LogP contribution in [0, 0.1) is 0 Å². The third kappa shape index (κ3) is 2.34. The smallest absolute Gasteiger partial charge is 0.164 e. The molecule has 2 heterocycles. The molecule has 14 heavy (non-hydrogen) atoms. The highest BCUT2D eigenvalue weighted by atomic mass is 16.6. The predicted octanol–water partition coefficient (Wildman–Crippen LogP) is 1.22. The summed E-state index contributed by atoms with van der Waals surface area (Å²) in [6, 6.07) is 0. The molecule has 0 N–H and O–H groups in total. The number of carbonyl (C=O) groups excluding carboxylic acids is 1. The first-order valence-electron chi connectivity index (χ1n) is 5.72. The number of piperidine rings is 1. The molecule has 3 nitrogen and oxygen atoms in total. The molecule has 2 atom stereocenters. The minimum Gasteiger partial charge on any atom is -0.360 e. The van der Waals surface area contributed by atoms with Gasteiger partial charge in [-0.25, -0.2) is 0 Å². The predicted molar refractivity (Wildman–Crippen MR) is 54.3 cm³/mol. The molecule has 80 valence electrons. The average Bonchev–Trinajstić information content (AvgIpc) is 2.98. The van der Waals surface area contributed by atoms with Crippen LogP contribution in [0.4, 0.5) is 0 Å². The molecule has 2 fully saturated rings. The van der Waals surface area contributed by atoms with Gasteiger partial charge in [0.15, 0.2) is 5.78 Å². The Hall–Kier alpha value is -0.410. The van der Waals surface area contributed by atoms with Gasteiger partial charge in [0.05, 0.1) is 0 Å². The molecular formula is C11H19NO2. The van der Waals surface area contributed by atoms with Gasteiger partial charge in [-0.15, -0.1) is 0 Å². The molecule has 0 aromatic rings. The van der Waals surface area contributed by atoms with E-state index in [9.17, 15) is 4.79 Å². The maximum atomic E-state index is 11.3. The number of rotatable bonds is 4. The van der Waals surface area contributed by atoms with Crippen LogP contribution in [-0.4, -0.2) is 42.5 Å². The Morgan fingerprint density at radius 1 is 1.36 bits per heavy atom. The van der Waals surface area contributed by atoms with Gasteiger partial charge in [0.25, 0.3) is 0 Å². The summed E-state index contributed by atoms with van der Waals surface area (Å²) in [6.07, 6.45) is 4.72. The number of hydrogen-bond donors (Lipinski definition) is 0. The summed E-state index contributed by atoms with van der Waals surface area (Å²) in [5.41, 5.74) is 0. The first kappa shape index (κ1) is 10.1. The van der Waals surface area contributed by atoms with Crippen molar-refractivity contribution < 1.29 is 9.53 Å². The van der Waals surface area contributed by atoms with Gasteiger partial charge in [-0.2, -0.15) is 0 Å². The number of Topliss-reactive ketones (excluding diaryl/α,β-unsaturated/α-hetero) is 1. The van der Waals surface area contributed by atoms with Crippen molar-refractivity contribution in [1.29, 1.82) is 0 Å². The number of ether oxygens (including phenoxy) is 1. The van der Waals surface area contributed by atoms with Crippen molar-refractivity contribution in [1.82, 2.24) is 4.90 Å². The van der Waals surface area contributed by atoms with E-state index in [0.717, 1.165) is 6.54 Å². The first-order chi connectivity index (χ1) is 6.81. The zero-order chi connectivity index (χ0) is 9.97. The Kier molecular flexibility index (Phi) is 3.19. The Labute approximate surface area is 85.4 Å². The zero-order valence-corrected chi connectivity index (χ0v) is 8.87. The fourth-order valence-corrected chi connectivity index (χ4v) is 2.16. The second kappa shape index (κ2) is 4.41. The van der Waals surface area contributed by atoms with Crippen molar-refractivity contribution in [3.63, 3.8) is 0 Å². The van der Waals surface area contributed by atoms with Crippen molar-refractivity contribution in [2.75, 3.05) is 19.6 Å². The van der Waals surface area contributed by atoms with Crippen LogP contribution in [0.15, 0.2) is 0 Å². The second-order valence-electron chi connectivity index (χ2n) is 4.28. The van der Waals surface area contributed by atoms with Gasteiger partial charge in [-0.1, -0.05) is 13.3 Å². The first-order valence-corrected chi connectivity index (χ1v) is 5.72. The molecule has 2 saturated heterocycles. The van der Waals surface area contributed by atoms with Gasteiger partial charge in [-0.3, -0.25) is 4.79 Å². The highest BCUT2D eigenvalue weighted by molar-refractivity contribution is 5.85. The summed E-state index contributed by atoms with van der Waals surface area (Å²) >= 11 is 0. The van der Waals surface area contributed by atoms with Gasteiger partial charge in [0.1, 0.15) is 12.2 Å². The number of nitrogens with zero attached hydrogens (tertiary/aromatic N) is 1. The lowest BCUT2D eigenvalue weighted by Gasteiger charge is -2.25. The average molecular weight is 197 g/mol. The third-order valence-electron chi connectivity index (χ3n) is 3.14. The van der Waals surface area contributed by atoms with Gasteiger partial charge in [0.2, 0.25) is 0 Å². The Bertz CT molecular complexity index is 211. The van der Waals surface area contributed by atoms with Crippen LogP contribution in [0.1, 0.15) is 32.6 Å². The van der Waals surface area contributed by atoms with E-state index in [1.165, 1.54) is 32.4 Å². The molecule has 3 heteroatoms. The van der Waals surface area contributed by atoms with Crippen LogP contribution in [0.3, 0.4) is 0 Å². The maximum absolute atomic E-state index is 11.3. The minimum atomic E-state index is -0.0677. The Morgan fingerprint density at radius 2 is 2.07 bits per heavy atom. The molecule has 0 saturated carbocycles. The Balaban J connectivity index is 1.70. The number of likely N-dealkylation sites (tertiary alicyclic amines) is 1. The summed E-state index contributed by atoms with van der Waals surface area (Å²) in [4.78, 5) is 13.7. The number of ketones is 1. The van der Waals surface area contributed by atoms with Crippen LogP contribution in [0.25, 0.3) is 0 Å². The van der Waals surface area contributed by atoms with Gasteiger partial charge in [0, 0.05) is 13.0 Å². The highest BCUT2D eigenvalue weighted by Crippen LogP contribution is 2.26. The molecule has 0 aliphatic carbocycles. The molecule has 0 spiro atoms. The SMILES string of the molecule is CCC(=O)C1OC1CN1CCCCC1. The number of epoxide rings is 1. The summed E-state index contributed by atoms with van der Waals surface area (Å²) in [5, 5.41) is 0. The van der Waals surface area contributed by atoms with Crippen LogP contribution in [-0.2, 0) is 9.53 Å². The molecule has 0 aromatic carbocycles. The van der Waals surface area contributed by atoms with E-state index < -0.39 is 0 Å². The lowest BCUT2D eigenvalue weighted by Crippen LogP contribution is -2.34. The van der Waals surface area contributed by atoms with E-state index >= 15 is 0 Å². The lowest BCUT2D eigenvalue weighted by molar-refractivity contribution is -0.119. The fourth-order valence-electron chi connectivity index (χ4n) is 2.16. The topological polar surface area (TPSA) is 32.8 Å². The minimum absolute atomic E-state index is 0.0677. The number of carbonyl (C=O) groups is 1. The molecule has 2 aliphatic rings. The van der Waals surface area contributed by atoms with E-state index in [-0.39, 0.29) is 18.0 Å². The zero-order valence-electron chi connectivity index (χ0n) is 8.87. The van der Waals surface area contributed by atoms with Crippen LogP contribution in [0.5, 0.6) is 0 Å². The van der Waals surface area contributed by atoms with Crippen molar-refractivity contribution in [2.45, 2.75) is 44.8 Å². The quantitative estimate of drug-likeness (QED) is 0.635. The molecule has 0 aromatic heterocycles. The summed E-state index contributed by atoms with van der Waals surface area (Å²) in [7, 11) is 0. The fraction of sp³-hybridized carbons (Fsp3) is 0.909. The van der Waals surface area contributed by atoms with Gasteiger partial charge < -0.3 is 9.64 Å². The van der Waals surface area contributed by atoms with Crippen molar-refractivity contribution in [2.24, 2.45) is 0 Å². The molecule has 0 radical (unpaired) electrons. The van der Waals surface area contributed by atoms with Crippen molar-refractivity contribution in [3.8, 4) is 0 Å². The van der Waals surface area contributed by atoms with E-state index in [4.69, 9.17) is 4.74 Å². The van der Waals surface area contributed by atoms with Crippen LogP contribution in [0.2, 0.25) is 0 Å². The van der Waals surface area contributed by atoms with E-state index in [0.29, 0.717) is 6.42 Å². The summed E-state index contributed by atoms with van der Waals surface area (Å²) in [6.45, 7) is 5.25. The third-order valence-corrected chi connectivity index (χ3v) is 3.14. The molecule has 2 unspecified atom stereocenters. The van der Waals surface area contributed by atoms with Gasteiger partial charge >= 0.3 is 0 Å². The van der Waals surface area contributed by atoms with Crippen molar-refractivity contribution >= 4 is 5.78 Å². The standard InChI is InChI=1S/C11H19NO2/c1-2-9(13)11-10(14-11)8-12-6-4-3-5-7-12/h10-11H,2-8H2,1H3. The van der Waals surface area contributed by atoms with Crippen LogP contribution >= 0.6 is 0 Å². The van der Waals surface area contributed by atoms with Crippen LogP contribution < -0.4 is 0 Å². The van der Waals surface area contributed by atoms with E-state index in [2.05, 4.69) is 4.90 Å². The largest absolute Gasteiger partial charge is 0.360 e. The summed E-state index contributed by atoms with van der Waals surface area (Å²) in [5.74, 6) is 0.270. The lowest BCUT2D eigenvalue weighted by atomic mass is 10.1. The van der Waals surface area contributed by atoms with Crippen molar-refractivity contribution in [3.05, 3.63) is 0 Å². The molecule has 0 amide bonds. The highest BCUT2D eigenvalue weighted by Gasteiger charge is 2.44. The van der Waals surface area contributed by atoms with E-state index in [1.807, 2.05) is 6.92 Å². The summed E-state index contributed by atoms with van der Waals surface area (Å²) < 4.78 is 5.38. The molecular weight excluding hydrogens is 178 g/mol.